The summed E-state index contributed by atoms with van der Waals surface area (Å²) in [6.07, 6.45) is 4.82. The first-order chi connectivity index (χ1) is 9.75. The minimum Gasteiger partial charge on any atom is -0.478 e. The molecule has 2 heterocycles. The van der Waals surface area contributed by atoms with Crippen LogP contribution in [0.15, 0.2) is 36.5 Å². The lowest BCUT2D eigenvalue weighted by Gasteiger charge is -2.24. The quantitative estimate of drug-likeness (QED) is 0.933. The third kappa shape index (κ3) is 2.44. The smallest absolute Gasteiger partial charge is 0.335 e. The first kappa shape index (κ1) is 12.9. The SMILES string of the molecule is O=C(O)c1cccc(-c2ccnn2C2CCCCO2)c1. The lowest BCUT2D eigenvalue weighted by molar-refractivity contribution is -0.0383. The fourth-order valence-corrected chi connectivity index (χ4v) is 2.50. The number of carboxylic acids is 1. The first-order valence-corrected chi connectivity index (χ1v) is 6.74. The van der Waals surface area contributed by atoms with Crippen LogP contribution >= 0.6 is 0 Å². The van der Waals surface area contributed by atoms with Crippen molar-refractivity contribution in [2.75, 3.05) is 6.61 Å². The molecule has 0 aliphatic carbocycles. The molecule has 1 N–H and O–H groups in total. The van der Waals surface area contributed by atoms with Crippen LogP contribution < -0.4 is 0 Å². The predicted octanol–water partition coefficient (Wildman–Crippen LogP) is 2.95. The molecule has 5 nitrogen and oxygen atoms in total. The van der Waals surface area contributed by atoms with E-state index in [4.69, 9.17) is 9.84 Å². The molecule has 5 heteroatoms. The predicted molar refractivity (Wildman–Crippen MR) is 73.5 cm³/mol. The van der Waals surface area contributed by atoms with Crippen LogP contribution in [0.2, 0.25) is 0 Å². The van der Waals surface area contributed by atoms with E-state index >= 15 is 0 Å². The molecule has 3 rings (SSSR count). The highest BCUT2D eigenvalue weighted by Crippen LogP contribution is 2.28. The van der Waals surface area contributed by atoms with Crippen LogP contribution in [0.3, 0.4) is 0 Å². The van der Waals surface area contributed by atoms with Gasteiger partial charge in [-0.1, -0.05) is 12.1 Å². The topological polar surface area (TPSA) is 64.3 Å². The summed E-state index contributed by atoms with van der Waals surface area (Å²) in [7, 11) is 0. The molecule has 1 aromatic heterocycles. The summed E-state index contributed by atoms with van der Waals surface area (Å²) < 4.78 is 7.59. The van der Waals surface area contributed by atoms with Crippen molar-refractivity contribution < 1.29 is 14.6 Å². The second-order valence-electron chi connectivity index (χ2n) is 4.87. The van der Waals surface area contributed by atoms with Crippen molar-refractivity contribution >= 4 is 5.97 Å². The molecule has 0 radical (unpaired) electrons. The molecule has 1 unspecified atom stereocenters. The van der Waals surface area contributed by atoms with Gasteiger partial charge in [-0.2, -0.15) is 5.10 Å². The van der Waals surface area contributed by atoms with Crippen molar-refractivity contribution in [1.82, 2.24) is 9.78 Å². The van der Waals surface area contributed by atoms with Crippen LogP contribution in [0.1, 0.15) is 35.8 Å². The third-order valence-corrected chi connectivity index (χ3v) is 3.50. The maximum absolute atomic E-state index is 11.1. The van der Waals surface area contributed by atoms with Crippen molar-refractivity contribution in [2.45, 2.75) is 25.5 Å². The molecule has 0 saturated carbocycles. The van der Waals surface area contributed by atoms with Gasteiger partial charge in [0.25, 0.3) is 0 Å². The van der Waals surface area contributed by atoms with Gasteiger partial charge < -0.3 is 9.84 Å². The van der Waals surface area contributed by atoms with E-state index in [1.54, 1.807) is 24.4 Å². The Labute approximate surface area is 116 Å². The van der Waals surface area contributed by atoms with Gasteiger partial charge in [0.15, 0.2) is 6.23 Å². The number of nitrogens with zero attached hydrogens (tertiary/aromatic N) is 2. The molecule has 0 spiro atoms. The zero-order chi connectivity index (χ0) is 13.9. The maximum atomic E-state index is 11.1. The van der Waals surface area contributed by atoms with Gasteiger partial charge in [0, 0.05) is 18.4 Å². The van der Waals surface area contributed by atoms with Crippen LogP contribution in [0.5, 0.6) is 0 Å². The largest absolute Gasteiger partial charge is 0.478 e. The Morgan fingerprint density at radius 3 is 3.00 bits per heavy atom. The average Bonchev–Trinajstić information content (AvgIpc) is 2.98. The Hall–Kier alpha value is -2.14. The Morgan fingerprint density at radius 1 is 1.35 bits per heavy atom. The van der Waals surface area contributed by atoms with Crippen molar-refractivity contribution in [2.24, 2.45) is 0 Å². The highest BCUT2D eigenvalue weighted by Gasteiger charge is 2.19. The number of rotatable bonds is 3. The Balaban J connectivity index is 1.96. The molecule has 20 heavy (non-hydrogen) atoms. The van der Waals surface area contributed by atoms with Gasteiger partial charge in [0.05, 0.1) is 11.3 Å². The average molecular weight is 272 g/mol. The van der Waals surface area contributed by atoms with Crippen molar-refractivity contribution in [3.05, 3.63) is 42.1 Å². The van der Waals surface area contributed by atoms with E-state index in [1.165, 1.54) is 0 Å². The molecule has 1 fully saturated rings. The van der Waals surface area contributed by atoms with E-state index in [9.17, 15) is 4.79 Å². The Kier molecular flexibility index (Phi) is 3.52. The minimum absolute atomic E-state index is 0.0535. The lowest BCUT2D eigenvalue weighted by Crippen LogP contribution is -2.19. The summed E-state index contributed by atoms with van der Waals surface area (Å²) in [6.45, 7) is 0.749. The second-order valence-corrected chi connectivity index (χ2v) is 4.87. The van der Waals surface area contributed by atoms with E-state index in [1.807, 2.05) is 16.8 Å². The molecular weight excluding hydrogens is 256 g/mol. The zero-order valence-electron chi connectivity index (χ0n) is 11.0. The standard InChI is InChI=1S/C15H16N2O3/c18-15(19)12-5-3-4-11(10-12)13-7-8-16-17(13)14-6-1-2-9-20-14/h3-5,7-8,10,14H,1-2,6,9H2,(H,18,19). The van der Waals surface area contributed by atoms with Crippen molar-refractivity contribution in [3.63, 3.8) is 0 Å². The second kappa shape index (κ2) is 5.46. The van der Waals surface area contributed by atoms with E-state index < -0.39 is 5.97 Å². The molecule has 0 bridgehead atoms. The van der Waals surface area contributed by atoms with E-state index in [0.717, 1.165) is 37.1 Å². The van der Waals surface area contributed by atoms with Crippen LogP contribution in [-0.4, -0.2) is 27.5 Å². The van der Waals surface area contributed by atoms with E-state index in [2.05, 4.69) is 5.10 Å². The molecule has 2 aromatic rings. The van der Waals surface area contributed by atoms with Crippen LogP contribution in [0.4, 0.5) is 0 Å². The normalized spacial score (nSPS) is 18.9. The monoisotopic (exact) mass is 272 g/mol. The number of hydrogen-bond acceptors (Lipinski definition) is 3. The molecule has 1 atom stereocenters. The summed E-state index contributed by atoms with van der Waals surface area (Å²) >= 11 is 0. The highest BCUT2D eigenvalue weighted by atomic mass is 16.5. The van der Waals surface area contributed by atoms with Crippen molar-refractivity contribution in [1.29, 1.82) is 0 Å². The van der Waals surface area contributed by atoms with Crippen molar-refractivity contribution in [3.8, 4) is 11.3 Å². The van der Waals surface area contributed by atoms with Crippen LogP contribution in [0, 0.1) is 0 Å². The number of benzene rings is 1. The van der Waals surface area contributed by atoms with E-state index in [-0.39, 0.29) is 11.8 Å². The molecule has 104 valence electrons. The van der Waals surface area contributed by atoms with Gasteiger partial charge in [-0.05, 0) is 37.5 Å². The van der Waals surface area contributed by atoms with E-state index in [0.29, 0.717) is 0 Å². The number of carboxylic acid groups (broad SMARTS) is 1. The van der Waals surface area contributed by atoms with Gasteiger partial charge >= 0.3 is 5.97 Å². The summed E-state index contributed by atoms with van der Waals surface area (Å²) in [5.41, 5.74) is 2.01. The van der Waals surface area contributed by atoms with Gasteiger partial charge in [0.2, 0.25) is 0 Å². The molecular formula is C15H16N2O3. The fourth-order valence-electron chi connectivity index (χ4n) is 2.50. The van der Waals surface area contributed by atoms with Gasteiger partial charge in [0.1, 0.15) is 0 Å². The number of carbonyl (C=O) groups is 1. The minimum atomic E-state index is -0.924. The molecule has 1 aromatic carbocycles. The summed E-state index contributed by atoms with van der Waals surface area (Å²) in [5.74, 6) is -0.924. The fraction of sp³-hybridized carbons (Fsp3) is 0.333. The van der Waals surface area contributed by atoms with Gasteiger partial charge in [-0.15, -0.1) is 0 Å². The van der Waals surface area contributed by atoms with Crippen LogP contribution in [-0.2, 0) is 4.74 Å². The summed E-state index contributed by atoms with van der Waals surface area (Å²) in [4.78, 5) is 11.1. The zero-order valence-corrected chi connectivity index (χ0v) is 11.0. The van der Waals surface area contributed by atoms with Gasteiger partial charge in [-0.25, -0.2) is 9.48 Å². The molecule has 1 aliphatic heterocycles. The van der Waals surface area contributed by atoms with Gasteiger partial charge in [-0.3, -0.25) is 0 Å². The molecule has 1 saturated heterocycles. The first-order valence-electron chi connectivity index (χ1n) is 6.74. The Bertz CT molecular complexity index is 615. The van der Waals surface area contributed by atoms with Crippen LogP contribution in [0.25, 0.3) is 11.3 Å². The maximum Gasteiger partial charge on any atom is 0.335 e. The number of aromatic carboxylic acids is 1. The lowest BCUT2D eigenvalue weighted by atomic mass is 10.1. The number of ether oxygens (including phenoxy) is 1. The molecule has 1 aliphatic rings. The number of hydrogen-bond donors (Lipinski definition) is 1. The summed E-state index contributed by atoms with van der Waals surface area (Å²) in [6, 6.07) is 8.78. The Morgan fingerprint density at radius 2 is 2.25 bits per heavy atom. The number of aromatic nitrogens is 2. The summed E-state index contributed by atoms with van der Waals surface area (Å²) in [5, 5.41) is 13.4. The third-order valence-electron chi connectivity index (χ3n) is 3.50. The highest BCUT2D eigenvalue weighted by molar-refractivity contribution is 5.89. The molecule has 0 amide bonds.